The van der Waals surface area contributed by atoms with Crippen LogP contribution in [-0.4, -0.2) is 18.1 Å². The number of carbonyl (C=O) groups excluding carboxylic acids is 1. The van der Waals surface area contributed by atoms with Crippen LogP contribution in [0.3, 0.4) is 0 Å². The molecule has 12 heteroatoms. The highest BCUT2D eigenvalue weighted by Gasteiger charge is 2.31. The maximum absolute atomic E-state index is 12.9. The van der Waals surface area contributed by atoms with Gasteiger partial charge in [0.15, 0.2) is 0 Å². The van der Waals surface area contributed by atoms with Crippen molar-refractivity contribution in [3.63, 3.8) is 0 Å². The van der Waals surface area contributed by atoms with Crippen molar-refractivity contribution in [2.75, 3.05) is 5.32 Å². The molecular formula is C24H16F6N4O2. The molecule has 0 aliphatic rings. The number of halogens is 6. The lowest BCUT2D eigenvalue weighted by Crippen LogP contribution is -2.26. The van der Waals surface area contributed by atoms with E-state index >= 15 is 0 Å². The zero-order valence-corrected chi connectivity index (χ0v) is 18.1. The summed E-state index contributed by atoms with van der Waals surface area (Å²) in [6, 6.07) is 16.1. The van der Waals surface area contributed by atoms with Gasteiger partial charge in [-0.2, -0.15) is 23.5 Å². The summed E-state index contributed by atoms with van der Waals surface area (Å²) in [7, 11) is 0. The highest BCUT2D eigenvalue weighted by molar-refractivity contribution is 6.02. The molecule has 3 rings (SSSR count). The van der Waals surface area contributed by atoms with Crippen LogP contribution in [0.1, 0.15) is 22.3 Å². The van der Waals surface area contributed by atoms with Crippen molar-refractivity contribution in [2.24, 2.45) is 5.10 Å². The maximum Gasteiger partial charge on any atom is 0.573 e. The van der Waals surface area contributed by atoms with Gasteiger partial charge in [0.05, 0.1) is 22.9 Å². The van der Waals surface area contributed by atoms with E-state index in [9.17, 15) is 31.1 Å². The molecule has 0 radical (unpaired) electrons. The van der Waals surface area contributed by atoms with Gasteiger partial charge in [-0.1, -0.05) is 24.3 Å². The van der Waals surface area contributed by atoms with Gasteiger partial charge in [-0.25, -0.2) is 10.2 Å². The Morgan fingerprint density at radius 2 is 1.50 bits per heavy atom. The van der Waals surface area contributed by atoms with Gasteiger partial charge in [0.25, 0.3) is 0 Å². The minimum Gasteiger partial charge on any atom is -0.406 e. The minimum atomic E-state index is -4.86. The summed E-state index contributed by atoms with van der Waals surface area (Å²) >= 11 is 0. The number of amides is 2. The third-order valence-corrected chi connectivity index (χ3v) is 4.64. The number of carbonyl (C=O) groups is 1. The lowest BCUT2D eigenvalue weighted by molar-refractivity contribution is -0.274. The third kappa shape index (κ3) is 7.76. The van der Waals surface area contributed by atoms with Gasteiger partial charge in [-0.3, -0.25) is 0 Å². The smallest absolute Gasteiger partial charge is 0.406 e. The first-order chi connectivity index (χ1) is 16.9. The molecular weight excluding hydrogens is 490 g/mol. The van der Waals surface area contributed by atoms with E-state index in [1.807, 2.05) is 6.07 Å². The molecule has 0 heterocycles. The molecule has 0 aliphatic heterocycles. The molecule has 0 saturated carbocycles. The first kappa shape index (κ1) is 26.1. The van der Waals surface area contributed by atoms with Crippen molar-refractivity contribution in [1.29, 1.82) is 5.26 Å². The number of nitriles is 1. The van der Waals surface area contributed by atoms with Gasteiger partial charge in [-0.05, 0) is 59.7 Å². The van der Waals surface area contributed by atoms with Crippen LogP contribution in [-0.2, 0) is 12.6 Å². The molecule has 0 fully saturated rings. The van der Waals surface area contributed by atoms with Gasteiger partial charge in [0.1, 0.15) is 5.75 Å². The largest absolute Gasteiger partial charge is 0.573 e. The van der Waals surface area contributed by atoms with E-state index in [4.69, 9.17) is 5.26 Å². The van der Waals surface area contributed by atoms with Crippen LogP contribution >= 0.6 is 0 Å². The highest BCUT2D eigenvalue weighted by atomic mass is 19.4. The molecule has 0 aliphatic carbocycles. The second-order valence-electron chi connectivity index (χ2n) is 7.26. The Bertz CT molecular complexity index is 1260. The second kappa shape index (κ2) is 10.8. The predicted octanol–water partition coefficient (Wildman–Crippen LogP) is 6.24. The predicted molar refractivity (Wildman–Crippen MR) is 118 cm³/mol. The number of hydrogen-bond donors (Lipinski definition) is 2. The number of alkyl halides is 6. The number of ether oxygens (including phenoxy) is 1. The van der Waals surface area contributed by atoms with Crippen molar-refractivity contribution in [1.82, 2.24) is 5.43 Å². The van der Waals surface area contributed by atoms with Crippen molar-refractivity contribution < 1.29 is 35.9 Å². The van der Waals surface area contributed by atoms with Crippen molar-refractivity contribution in [3.05, 3.63) is 95.1 Å². The molecule has 6 nitrogen and oxygen atoms in total. The number of hydrogen-bond acceptors (Lipinski definition) is 4. The quantitative estimate of drug-likeness (QED) is 0.236. The molecule has 2 N–H and O–H groups in total. The summed E-state index contributed by atoms with van der Waals surface area (Å²) < 4.78 is 79.3. The first-order valence-electron chi connectivity index (χ1n) is 10.1. The maximum atomic E-state index is 12.9. The molecule has 186 valence electrons. The van der Waals surface area contributed by atoms with E-state index in [-0.39, 0.29) is 17.8 Å². The first-order valence-corrected chi connectivity index (χ1v) is 10.1. The number of urea groups is 1. The number of benzene rings is 3. The number of rotatable bonds is 6. The Morgan fingerprint density at radius 3 is 2.03 bits per heavy atom. The zero-order chi connectivity index (χ0) is 26.3. The average molecular weight is 506 g/mol. The summed E-state index contributed by atoms with van der Waals surface area (Å²) in [6.45, 7) is 0. The number of nitrogens with one attached hydrogen (secondary N) is 2. The minimum absolute atomic E-state index is 0.112. The van der Waals surface area contributed by atoms with E-state index in [0.717, 1.165) is 24.3 Å². The molecule has 0 unspecified atom stereocenters. The summed E-state index contributed by atoms with van der Waals surface area (Å²) in [4.78, 5) is 12.3. The molecule has 0 spiro atoms. The molecule has 0 aromatic heterocycles. The van der Waals surface area contributed by atoms with Gasteiger partial charge in [-0.15, -0.1) is 13.2 Å². The van der Waals surface area contributed by atoms with Gasteiger partial charge in [0.2, 0.25) is 0 Å². The van der Waals surface area contributed by atoms with E-state index in [1.165, 1.54) is 24.3 Å². The van der Waals surface area contributed by atoms with Crippen LogP contribution in [0.15, 0.2) is 77.9 Å². The highest BCUT2D eigenvalue weighted by Crippen LogP contribution is 2.29. The number of nitrogens with zero attached hydrogens (tertiary/aromatic N) is 2. The lowest BCUT2D eigenvalue weighted by atomic mass is 10.0. The molecule has 0 bridgehead atoms. The lowest BCUT2D eigenvalue weighted by Gasteiger charge is -2.12. The van der Waals surface area contributed by atoms with Crippen LogP contribution in [0.4, 0.5) is 36.8 Å². The van der Waals surface area contributed by atoms with E-state index < -0.39 is 29.9 Å². The van der Waals surface area contributed by atoms with Gasteiger partial charge >= 0.3 is 18.6 Å². The summed E-state index contributed by atoms with van der Waals surface area (Å²) in [5.74, 6) is -0.474. The Labute approximate surface area is 200 Å². The third-order valence-electron chi connectivity index (χ3n) is 4.64. The SMILES string of the molecule is N#Cc1ccc(C/C(=N\NC(=O)Nc2ccc(OC(F)(F)F)cc2)c2ccc(C(F)(F)F)cc2)cc1. The fraction of sp³-hybridized carbons (Fsp3) is 0.125. The Morgan fingerprint density at radius 1 is 0.889 bits per heavy atom. The molecule has 36 heavy (non-hydrogen) atoms. The van der Waals surface area contributed by atoms with Crippen LogP contribution in [0.5, 0.6) is 5.75 Å². The van der Waals surface area contributed by atoms with Crippen molar-refractivity contribution in [2.45, 2.75) is 19.0 Å². The standard InChI is InChI=1S/C24H16F6N4O2/c25-23(26,27)18-7-5-17(6-8-18)21(13-15-1-3-16(14-31)4-2-15)33-34-22(35)32-19-9-11-20(12-10-19)36-24(28,29)30/h1-12H,13H2,(H2,32,34,35)/b33-21+. The van der Waals surface area contributed by atoms with Gasteiger partial charge < -0.3 is 10.1 Å². The zero-order valence-electron chi connectivity index (χ0n) is 18.1. The molecule has 0 saturated heterocycles. The molecule has 0 atom stereocenters. The van der Waals surface area contributed by atoms with Crippen LogP contribution in [0, 0.1) is 11.3 Å². The molecule has 2 amide bonds. The van der Waals surface area contributed by atoms with Crippen molar-refractivity contribution >= 4 is 17.4 Å². The fourth-order valence-corrected chi connectivity index (χ4v) is 2.97. The molecule has 3 aromatic carbocycles. The van der Waals surface area contributed by atoms with Crippen LogP contribution < -0.4 is 15.5 Å². The van der Waals surface area contributed by atoms with Gasteiger partial charge in [0, 0.05) is 12.1 Å². The number of anilines is 1. The molecule has 3 aromatic rings. The van der Waals surface area contributed by atoms with Crippen molar-refractivity contribution in [3.8, 4) is 11.8 Å². The Kier molecular flexibility index (Phi) is 7.83. The summed E-state index contributed by atoms with van der Waals surface area (Å²) in [5, 5.41) is 15.3. The Hall–Kier alpha value is -4.53. The van der Waals surface area contributed by atoms with E-state index in [2.05, 4.69) is 20.6 Å². The Balaban J connectivity index is 1.76. The monoisotopic (exact) mass is 506 g/mol. The fourth-order valence-electron chi connectivity index (χ4n) is 2.97. The number of hydrazone groups is 1. The van der Waals surface area contributed by atoms with E-state index in [1.54, 1.807) is 24.3 Å². The van der Waals surface area contributed by atoms with Crippen LogP contribution in [0.2, 0.25) is 0 Å². The topological polar surface area (TPSA) is 86.5 Å². The summed E-state index contributed by atoms with van der Waals surface area (Å²) in [5.41, 5.74) is 3.12. The second-order valence-corrected chi connectivity index (χ2v) is 7.26. The van der Waals surface area contributed by atoms with E-state index in [0.29, 0.717) is 16.7 Å². The van der Waals surface area contributed by atoms with Crippen LogP contribution in [0.25, 0.3) is 0 Å². The normalized spacial score (nSPS) is 12.0. The average Bonchev–Trinajstić information content (AvgIpc) is 2.82. The summed E-state index contributed by atoms with van der Waals surface area (Å²) in [6.07, 6.45) is -9.27.